The summed E-state index contributed by atoms with van der Waals surface area (Å²) in [6, 6.07) is 16.9. The first kappa shape index (κ1) is 23.0. The maximum absolute atomic E-state index is 12.4. The molecule has 0 aliphatic rings. The Kier molecular flexibility index (Phi) is 7.39. The van der Waals surface area contributed by atoms with Crippen LogP contribution >= 0.6 is 35.0 Å². The highest BCUT2D eigenvalue weighted by Gasteiger charge is 2.17. The number of nitrogens with zero attached hydrogens (tertiary/aromatic N) is 5. The van der Waals surface area contributed by atoms with Crippen molar-refractivity contribution in [1.29, 1.82) is 0 Å². The van der Waals surface area contributed by atoms with Crippen LogP contribution in [0.4, 0.5) is 0 Å². The van der Waals surface area contributed by atoms with Gasteiger partial charge in [0.15, 0.2) is 11.0 Å². The molecule has 0 fully saturated rings. The summed E-state index contributed by atoms with van der Waals surface area (Å²) in [5.74, 6) is 0.451. The van der Waals surface area contributed by atoms with Gasteiger partial charge in [0.1, 0.15) is 0 Å². The van der Waals surface area contributed by atoms with Crippen LogP contribution in [0.15, 0.2) is 77.2 Å². The normalized spacial score (nSPS) is 11.1. The fourth-order valence-electron chi connectivity index (χ4n) is 2.94. The Labute approximate surface area is 204 Å². The third-order valence-corrected chi connectivity index (χ3v) is 6.17. The number of rotatable bonds is 7. The average molecular weight is 497 g/mol. The fourth-order valence-corrected chi connectivity index (χ4v) is 4.18. The molecule has 0 radical (unpaired) electrons. The van der Waals surface area contributed by atoms with E-state index < -0.39 is 0 Å². The lowest BCUT2D eigenvalue weighted by Crippen LogP contribution is -2.20. The summed E-state index contributed by atoms with van der Waals surface area (Å²) in [6.07, 6.45) is 4.82. The number of nitrogens with one attached hydrogen (secondary N) is 1. The van der Waals surface area contributed by atoms with Gasteiger partial charge in [0.2, 0.25) is 0 Å². The minimum atomic E-state index is -0.302. The van der Waals surface area contributed by atoms with Crippen molar-refractivity contribution >= 4 is 47.1 Å². The Hall–Kier alpha value is -3.20. The summed E-state index contributed by atoms with van der Waals surface area (Å²) in [4.78, 5) is 16.4. The lowest BCUT2D eigenvalue weighted by atomic mass is 10.2. The molecular weight excluding hydrogens is 479 g/mol. The van der Waals surface area contributed by atoms with Gasteiger partial charge in [0.05, 0.1) is 22.0 Å². The van der Waals surface area contributed by atoms with Crippen molar-refractivity contribution in [2.45, 2.75) is 12.1 Å². The van der Waals surface area contributed by atoms with Gasteiger partial charge in [-0.25, -0.2) is 5.43 Å². The van der Waals surface area contributed by atoms with E-state index in [2.05, 4.69) is 25.7 Å². The molecule has 7 nitrogen and oxygen atoms in total. The maximum atomic E-state index is 12.4. The Morgan fingerprint density at radius 1 is 1.06 bits per heavy atom. The van der Waals surface area contributed by atoms with E-state index in [1.54, 1.807) is 30.6 Å². The number of hydrazone groups is 1. The zero-order chi connectivity index (χ0) is 23.2. The van der Waals surface area contributed by atoms with E-state index >= 15 is 0 Å². The molecule has 1 N–H and O–H groups in total. The van der Waals surface area contributed by atoms with Crippen molar-refractivity contribution in [3.05, 3.63) is 88.2 Å². The van der Waals surface area contributed by atoms with Crippen LogP contribution in [0.2, 0.25) is 10.0 Å². The van der Waals surface area contributed by atoms with Gasteiger partial charge in [0, 0.05) is 29.2 Å². The summed E-state index contributed by atoms with van der Waals surface area (Å²) < 4.78 is 1.92. The van der Waals surface area contributed by atoms with Crippen molar-refractivity contribution in [3.8, 4) is 17.1 Å². The molecule has 0 saturated heterocycles. The van der Waals surface area contributed by atoms with E-state index in [1.807, 2.05) is 47.9 Å². The molecular formula is C23H18Cl2N6OS. The number of carbonyl (C=O) groups is 1. The van der Waals surface area contributed by atoms with Crippen LogP contribution in [-0.4, -0.2) is 37.6 Å². The van der Waals surface area contributed by atoms with Gasteiger partial charge in [-0.15, -0.1) is 10.2 Å². The van der Waals surface area contributed by atoms with E-state index in [4.69, 9.17) is 23.2 Å². The number of aromatic nitrogens is 4. The number of benzene rings is 2. The summed E-state index contributed by atoms with van der Waals surface area (Å²) >= 11 is 13.5. The average Bonchev–Trinajstić information content (AvgIpc) is 3.25. The molecule has 2 aromatic heterocycles. The topological polar surface area (TPSA) is 85.1 Å². The minimum Gasteiger partial charge on any atom is -0.272 e. The quantitative estimate of drug-likeness (QED) is 0.216. The predicted molar refractivity (Wildman–Crippen MR) is 132 cm³/mol. The van der Waals surface area contributed by atoms with Crippen LogP contribution < -0.4 is 5.43 Å². The van der Waals surface area contributed by atoms with Crippen LogP contribution in [0.5, 0.6) is 0 Å². The zero-order valence-electron chi connectivity index (χ0n) is 17.4. The third-order valence-electron chi connectivity index (χ3n) is 4.58. The highest BCUT2D eigenvalue weighted by atomic mass is 35.5. The molecule has 0 saturated carbocycles. The van der Waals surface area contributed by atoms with Crippen LogP contribution in [0.1, 0.15) is 11.1 Å². The summed E-state index contributed by atoms with van der Waals surface area (Å²) in [7, 11) is 0. The van der Waals surface area contributed by atoms with Gasteiger partial charge < -0.3 is 0 Å². The summed E-state index contributed by atoms with van der Waals surface area (Å²) in [6.45, 7) is 2.02. The van der Waals surface area contributed by atoms with Gasteiger partial charge in [-0.1, -0.05) is 58.7 Å². The fraction of sp³-hybridized carbons (Fsp3) is 0.0870. The molecule has 166 valence electrons. The summed E-state index contributed by atoms with van der Waals surface area (Å²) in [5, 5.41) is 14.1. The van der Waals surface area contributed by atoms with Crippen LogP contribution in [0.3, 0.4) is 0 Å². The molecule has 4 rings (SSSR count). The predicted octanol–water partition coefficient (Wildman–Crippen LogP) is 5.19. The van der Waals surface area contributed by atoms with E-state index in [0.717, 1.165) is 16.8 Å². The smallest absolute Gasteiger partial charge is 0.250 e. The first-order valence-electron chi connectivity index (χ1n) is 9.84. The molecule has 0 unspecified atom stereocenters. The molecule has 0 spiro atoms. The van der Waals surface area contributed by atoms with Crippen molar-refractivity contribution < 1.29 is 4.79 Å². The second-order valence-electron chi connectivity index (χ2n) is 6.93. The second-order valence-corrected chi connectivity index (χ2v) is 8.69. The Bertz CT molecular complexity index is 1270. The lowest BCUT2D eigenvalue weighted by Gasteiger charge is -2.10. The number of hydrogen-bond acceptors (Lipinski definition) is 6. The van der Waals surface area contributed by atoms with Crippen molar-refractivity contribution in [2.24, 2.45) is 5.10 Å². The lowest BCUT2D eigenvalue weighted by molar-refractivity contribution is -0.118. The van der Waals surface area contributed by atoms with Gasteiger partial charge >= 0.3 is 0 Å². The largest absolute Gasteiger partial charge is 0.272 e. The van der Waals surface area contributed by atoms with Crippen molar-refractivity contribution in [3.63, 3.8) is 0 Å². The van der Waals surface area contributed by atoms with Crippen LogP contribution in [-0.2, 0) is 4.79 Å². The highest BCUT2D eigenvalue weighted by Crippen LogP contribution is 2.28. The van der Waals surface area contributed by atoms with E-state index in [0.29, 0.717) is 26.6 Å². The monoisotopic (exact) mass is 496 g/mol. The molecule has 0 aliphatic carbocycles. The zero-order valence-corrected chi connectivity index (χ0v) is 19.8. The molecule has 0 bridgehead atoms. The van der Waals surface area contributed by atoms with Crippen LogP contribution in [0, 0.1) is 6.92 Å². The molecule has 4 aromatic rings. The third kappa shape index (κ3) is 5.60. The number of pyridine rings is 1. The SMILES string of the molecule is Cc1ccc(-n2c(SCC(=O)N/N=C/c3c(Cl)cccc3Cl)nnc2-c2ccncc2)cc1. The van der Waals surface area contributed by atoms with E-state index in [1.165, 1.54) is 18.0 Å². The number of carbonyl (C=O) groups excluding carboxylic acids is 1. The van der Waals surface area contributed by atoms with Gasteiger partial charge in [-0.3, -0.25) is 14.3 Å². The Morgan fingerprint density at radius 2 is 1.76 bits per heavy atom. The molecule has 0 aliphatic heterocycles. The number of thioether (sulfide) groups is 1. The molecule has 10 heteroatoms. The second kappa shape index (κ2) is 10.6. The number of halogens is 2. The minimum absolute atomic E-state index is 0.0912. The highest BCUT2D eigenvalue weighted by molar-refractivity contribution is 7.99. The molecule has 2 heterocycles. The van der Waals surface area contributed by atoms with E-state index in [-0.39, 0.29) is 11.7 Å². The standard InChI is InChI=1S/C23H18Cl2N6OS/c1-15-5-7-17(8-6-15)31-22(16-9-11-26-12-10-16)29-30-23(31)33-14-21(32)28-27-13-18-19(24)3-2-4-20(18)25/h2-13H,14H2,1H3,(H,28,32)/b27-13+. The first-order valence-corrected chi connectivity index (χ1v) is 11.6. The van der Waals surface area contributed by atoms with Gasteiger partial charge in [0.25, 0.3) is 5.91 Å². The van der Waals surface area contributed by atoms with Crippen molar-refractivity contribution in [2.75, 3.05) is 5.75 Å². The Balaban J connectivity index is 1.51. The number of amides is 1. The molecule has 1 amide bonds. The van der Waals surface area contributed by atoms with E-state index in [9.17, 15) is 4.79 Å². The Morgan fingerprint density at radius 3 is 2.45 bits per heavy atom. The van der Waals surface area contributed by atoms with Gasteiger partial charge in [-0.2, -0.15) is 5.10 Å². The number of aryl methyl sites for hydroxylation is 1. The number of hydrogen-bond donors (Lipinski definition) is 1. The maximum Gasteiger partial charge on any atom is 0.250 e. The van der Waals surface area contributed by atoms with Gasteiger partial charge in [-0.05, 0) is 43.3 Å². The van der Waals surface area contributed by atoms with Crippen LogP contribution in [0.25, 0.3) is 17.1 Å². The first-order chi connectivity index (χ1) is 16.0. The summed E-state index contributed by atoms with van der Waals surface area (Å²) in [5.41, 5.74) is 5.93. The van der Waals surface area contributed by atoms with Crippen molar-refractivity contribution in [1.82, 2.24) is 25.2 Å². The molecule has 33 heavy (non-hydrogen) atoms. The molecule has 0 atom stereocenters. The molecule has 2 aromatic carbocycles.